The number of aromatic nitrogens is 5. The van der Waals surface area contributed by atoms with E-state index in [0.717, 1.165) is 4.68 Å². The predicted octanol–water partition coefficient (Wildman–Crippen LogP) is 2.92. The van der Waals surface area contributed by atoms with Crippen LogP contribution in [0.4, 0.5) is 14.6 Å². The molecule has 1 N–H and O–H groups in total. The lowest BCUT2D eigenvalue weighted by atomic mass is 10.1. The first-order valence-corrected chi connectivity index (χ1v) is 8.14. The van der Waals surface area contributed by atoms with Crippen molar-refractivity contribution in [1.82, 2.24) is 24.7 Å². The molecule has 0 fully saturated rings. The van der Waals surface area contributed by atoms with Crippen molar-refractivity contribution in [2.45, 2.75) is 13.0 Å². The van der Waals surface area contributed by atoms with Gasteiger partial charge in [-0.2, -0.15) is 19.6 Å². The molecule has 1 aromatic carbocycles. The Kier molecular flexibility index (Phi) is 5.54. The van der Waals surface area contributed by atoms with Gasteiger partial charge in [0, 0.05) is 5.56 Å². The predicted molar refractivity (Wildman–Crippen MR) is 96.3 cm³/mol. The summed E-state index contributed by atoms with van der Waals surface area (Å²) in [6.07, 6.45) is -0.0314. The molecular formula is C15H13F2N7O3S. The van der Waals surface area contributed by atoms with Crippen molar-refractivity contribution in [2.24, 2.45) is 5.10 Å². The molecule has 10 nitrogen and oxygen atoms in total. The van der Waals surface area contributed by atoms with E-state index in [9.17, 15) is 18.9 Å². The highest BCUT2D eigenvalue weighted by Crippen LogP contribution is 2.21. The first-order chi connectivity index (χ1) is 13.4. The van der Waals surface area contributed by atoms with Crippen LogP contribution in [0.1, 0.15) is 23.4 Å². The van der Waals surface area contributed by atoms with Gasteiger partial charge in [-0.15, -0.1) is 0 Å². The van der Waals surface area contributed by atoms with Crippen LogP contribution in [0.3, 0.4) is 0 Å². The molecule has 3 aromatic rings. The maximum Gasteiger partial charge on any atom is 0.389 e. The van der Waals surface area contributed by atoms with Crippen LogP contribution in [0.5, 0.6) is 5.75 Å². The number of nitrogens with zero attached hydrogens (tertiary/aromatic N) is 6. The first kappa shape index (κ1) is 19.3. The van der Waals surface area contributed by atoms with Gasteiger partial charge in [-0.05, 0) is 40.9 Å². The Morgan fingerprint density at radius 2 is 2.25 bits per heavy atom. The molecule has 146 valence electrons. The molecule has 0 spiro atoms. The van der Waals surface area contributed by atoms with Gasteiger partial charge in [0.2, 0.25) is 10.6 Å². The smallest absolute Gasteiger partial charge is 0.389 e. The third-order valence-corrected chi connectivity index (χ3v) is 3.91. The molecule has 0 saturated heterocycles. The monoisotopic (exact) mass is 409 g/mol. The lowest BCUT2D eigenvalue weighted by molar-refractivity contribution is -0.389. The zero-order valence-corrected chi connectivity index (χ0v) is 15.1. The van der Waals surface area contributed by atoms with E-state index in [0.29, 0.717) is 16.9 Å². The van der Waals surface area contributed by atoms with Crippen LogP contribution < -0.4 is 4.74 Å². The van der Waals surface area contributed by atoms with Crippen LogP contribution in [0, 0.1) is 14.9 Å². The summed E-state index contributed by atoms with van der Waals surface area (Å²) in [4.78, 5) is 10.2. The number of halogens is 2. The maximum absolute atomic E-state index is 12.9. The largest absolute Gasteiger partial charge is 0.496 e. The molecule has 28 heavy (non-hydrogen) atoms. The molecule has 2 heterocycles. The van der Waals surface area contributed by atoms with Gasteiger partial charge < -0.3 is 14.9 Å². The van der Waals surface area contributed by atoms with E-state index < -0.39 is 17.2 Å². The molecule has 0 amide bonds. The normalized spacial score (nSPS) is 11.4. The van der Waals surface area contributed by atoms with E-state index in [1.54, 1.807) is 18.2 Å². The van der Waals surface area contributed by atoms with Crippen LogP contribution in [0.15, 0.2) is 35.6 Å². The highest BCUT2D eigenvalue weighted by atomic mass is 32.1. The van der Waals surface area contributed by atoms with Crippen LogP contribution in [0.2, 0.25) is 0 Å². The Morgan fingerprint density at radius 3 is 2.89 bits per heavy atom. The van der Waals surface area contributed by atoms with Gasteiger partial charge in [-0.1, -0.05) is 0 Å². The first-order valence-electron chi connectivity index (χ1n) is 7.73. The van der Waals surface area contributed by atoms with Gasteiger partial charge in [-0.25, -0.2) is 13.9 Å². The van der Waals surface area contributed by atoms with E-state index in [4.69, 9.17) is 17.0 Å². The number of nitro groups is 1. The molecular weight excluding hydrogens is 396 g/mol. The zero-order valence-electron chi connectivity index (χ0n) is 14.3. The molecule has 0 radical (unpaired) electrons. The Hall–Kier alpha value is -3.48. The zero-order chi connectivity index (χ0) is 20.3. The third-order valence-electron chi connectivity index (χ3n) is 3.64. The summed E-state index contributed by atoms with van der Waals surface area (Å²) in [6.45, 7) is 0.201. The summed E-state index contributed by atoms with van der Waals surface area (Å²) in [5.74, 6) is -0.340. The number of H-pyrrole nitrogens is 1. The number of nitrogens with one attached hydrogen (secondary N) is 1. The molecule has 0 atom stereocenters. The number of hydrogen-bond acceptors (Lipinski definition) is 7. The summed E-state index contributed by atoms with van der Waals surface area (Å²) in [6, 6.07) is 6.31. The van der Waals surface area contributed by atoms with Crippen LogP contribution in [0.25, 0.3) is 0 Å². The average Bonchev–Trinajstić information content (AvgIpc) is 3.27. The minimum Gasteiger partial charge on any atom is -0.496 e. The molecule has 0 aliphatic rings. The molecule has 3 rings (SSSR count). The third kappa shape index (κ3) is 4.09. The average molecular weight is 409 g/mol. The number of aromatic amines is 1. The second kappa shape index (κ2) is 8.04. The van der Waals surface area contributed by atoms with Gasteiger partial charge in [0.1, 0.15) is 5.75 Å². The highest BCUT2D eigenvalue weighted by molar-refractivity contribution is 7.71. The Morgan fingerprint density at radius 1 is 1.46 bits per heavy atom. The van der Waals surface area contributed by atoms with Gasteiger partial charge >= 0.3 is 5.82 Å². The van der Waals surface area contributed by atoms with Gasteiger partial charge in [-0.3, -0.25) is 0 Å². The standard InChI is InChI=1S/C15H13F2N7O3S/c1-27-11-3-2-9(7-18-23-14(13(16)17)19-20-15(23)28)6-10(11)8-22-5-4-12(21-22)24(25)26/h2-7,13H,8H2,1H3,(H,20,28)/b18-7+. The van der Waals surface area contributed by atoms with Gasteiger partial charge in [0.15, 0.2) is 0 Å². The summed E-state index contributed by atoms with van der Waals surface area (Å²) in [5.41, 5.74) is 1.23. The molecule has 0 unspecified atom stereocenters. The number of alkyl halides is 2. The van der Waals surface area contributed by atoms with Crippen molar-refractivity contribution in [3.63, 3.8) is 0 Å². The van der Waals surface area contributed by atoms with E-state index in [1.165, 1.54) is 30.3 Å². The number of hydrogen-bond donors (Lipinski definition) is 1. The Labute approximate surface area is 161 Å². The Balaban J connectivity index is 1.89. The van der Waals surface area contributed by atoms with E-state index in [1.807, 2.05) is 0 Å². The maximum atomic E-state index is 12.9. The molecule has 0 saturated carbocycles. The number of ether oxygens (including phenoxy) is 1. The molecule has 2 aromatic heterocycles. The minimum absolute atomic E-state index is 0.0656. The van der Waals surface area contributed by atoms with Crippen LogP contribution in [-0.2, 0) is 6.54 Å². The summed E-state index contributed by atoms with van der Waals surface area (Å²) in [7, 11) is 1.48. The van der Waals surface area contributed by atoms with E-state index in [2.05, 4.69) is 20.4 Å². The van der Waals surface area contributed by atoms with Crippen molar-refractivity contribution in [3.8, 4) is 5.75 Å². The number of benzene rings is 1. The Bertz CT molecular complexity index is 1090. The lowest BCUT2D eigenvalue weighted by Crippen LogP contribution is -2.04. The SMILES string of the molecule is COc1ccc(/C=N/n2c(C(F)F)n[nH]c2=S)cc1Cn1ccc([N+](=O)[O-])n1. The topological polar surface area (TPSA) is 116 Å². The fourth-order valence-corrected chi connectivity index (χ4v) is 2.58. The summed E-state index contributed by atoms with van der Waals surface area (Å²) in [5, 5.41) is 24.3. The van der Waals surface area contributed by atoms with Crippen molar-refractivity contribution in [3.05, 3.63) is 62.3 Å². The minimum atomic E-state index is -2.84. The molecule has 0 aliphatic carbocycles. The highest BCUT2D eigenvalue weighted by Gasteiger charge is 2.16. The molecule has 13 heteroatoms. The molecule has 0 bridgehead atoms. The fraction of sp³-hybridized carbons (Fsp3) is 0.200. The summed E-state index contributed by atoms with van der Waals surface area (Å²) < 4.78 is 33.3. The van der Waals surface area contributed by atoms with E-state index in [-0.39, 0.29) is 17.1 Å². The fourth-order valence-electron chi connectivity index (χ4n) is 2.39. The molecule has 0 aliphatic heterocycles. The van der Waals surface area contributed by atoms with Crippen molar-refractivity contribution < 1.29 is 18.4 Å². The van der Waals surface area contributed by atoms with Crippen LogP contribution >= 0.6 is 12.2 Å². The number of methoxy groups -OCH3 is 1. The van der Waals surface area contributed by atoms with Crippen molar-refractivity contribution >= 4 is 24.3 Å². The van der Waals surface area contributed by atoms with Gasteiger partial charge in [0.05, 0.1) is 37.2 Å². The van der Waals surface area contributed by atoms with E-state index >= 15 is 0 Å². The summed E-state index contributed by atoms with van der Waals surface area (Å²) >= 11 is 4.89. The number of rotatable bonds is 7. The van der Waals surface area contributed by atoms with Gasteiger partial charge in [0.25, 0.3) is 6.43 Å². The van der Waals surface area contributed by atoms with Crippen LogP contribution in [-0.4, -0.2) is 42.9 Å². The second-order valence-corrected chi connectivity index (χ2v) is 5.83. The lowest BCUT2D eigenvalue weighted by Gasteiger charge is -2.08. The van der Waals surface area contributed by atoms with Crippen molar-refractivity contribution in [1.29, 1.82) is 0 Å². The quantitative estimate of drug-likeness (QED) is 0.278. The second-order valence-electron chi connectivity index (χ2n) is 5.44. The van der Waals surface area contributed by atoms with Crippen molar-refractivity contribution in [2.75, 3.05) is 7.11 Å².